The van der Waals surface area contributed by atoms with Crippen molar-refractivity contribution in [1.29, 1.82) is 0 Å². The normalized spacial score (nSPS) is 11.2. The Labute approximate surface area is 127 Å². The summed E-state index contributed by atoms with van der Waals surface area (Å²) in [5.41, 5.74) is -0.0349. The lowest BCUT2D eigenvalue weighted by molar-refractivity contribution is -0.137. The van der Waals surface area contributed by atoms with E-state index in [0.717, 1.165) is 15.7 Å². The molecule has 0 amide bonds. The van der Waals surface area contributed by atoms with Crippen molar-refractivity contribution >= 4 is 39.9 Å². The van der Waals surface area contributed by atoms with Gasteiger partial charge in [-0.05, 0) is 46.9 Å². The van der Waals surface area contributed by atoms with Gasteiger partial charge in [-0.3, -0.25) is 0 Å². The molecular formula is C13H11F3IN3. The molecule has 7 heteroatoms. The van der Waals surface area contributed by atoms with Crippen LogP contribution in [0.25, 0.3) is 0 Å². The van der Waals surface area contributed by atoms with Crippen LogP contribution in [0.15, 0.2) is 36.4 Å². The molecule has 0 fully saturated rings. The Hall–Kier alpha value is -1.51. The van der Waals surface area contributed by atoms with Crippen molar-refractivity contribution in [2.75, 3.05) is 17.7 Å². The zero-order chi connectivity index (χ0) is 14.8. The summed E-state index contributed by atoms with van der Waals surface area (Å²) in [6.45, 7) is 0. The van der Waals surface area contributed by atoms with Crippen LogP contribution in [0, 0.1) is 3.57 Å². The lowest BCUT2D eigenvalue weighted by Gasteiger charge is -2.13. The number of hydrogen-bond donors (Lipinski definition) is 2. The fraction of sp³-hybridized carbons (Fsp3) is 0.154. The molecule has 3 nitrogen and oxygen atoms in total. The standard InChI is InChI=1S/C13H11F3IN3/c1-18-11-6-8(13(14,15)16)7-12(20-11)19-10-5-3-2-4-9(10)17/h2-7H,1H3,(H2,18,19,20). The van der Waals surface area contributed by atoms with Crippen LogP contribution in [0.4, 0.5) is 30.5 Å². The Bertz CT molecular complexity index is 614. The number of anilines is 3. The highest BCUT2D eigenvalue weighted by Crippen LogP contribution is 2.33. The number of para-hydroxylation sites is 1. The van der Waals surface area contributed by atoms with Gasteiger partial charge in [0.05, 0.1) is 11.3 Å². The number of nitrogens with one attached hydrogen (secondary N) is 2. The van der Waals surface area contributed by atoms with E-state index >= 15 is 0 Å². The number of aromatic nitrogens is 1. The van der Waals surface area contributed by atoms with Gasteiger partial charge in [0.25, 0.3) is 0 Å². The summed E-state index contributed by atoms with van der Waals surface area (Å²) in [7, 11) is 1.53. The molecule has 0 aliphatic heterocycles. The Balaban J connectivity index is 2.39. The number of alkyl halides is 3. The van der Waals surface area contributed by atoms with Crippen molar-refractivity contribution in [2.24, 2.45) is 0 Å². The SMILES string of the molecule is CNc1cc(C(F)(F)F)cc(Nc2ccccc2I)n1. The molecule has 106 valence electrons. The molecule has 1 aromatic carbocycles. The minimum Gasteiger partial charge on any atom is -0.373 e. The maximum atomic E-state index is 12.8. The summed E-state index contributed by atoms with van der Waals surface area (Å²) < 4.78 is 39.4. The average molecular weight is 393 g/mol. The fourth-order valence-electron chi connectivity index (χ4n) is 1.59. The molecule has 0 unspecified atom stereocenters. The van der Waals surface area contributed by atoms with E-state index in [-0.39, 0.29) is 11.6 Å². The van der Waals surface area contributed by atoms with Gasteiger partial charge in [0.1, 0.15) is 11.6 Å². The van der Waals surface area contributed by atoms with Crippen LogP contribution < -0.4 is 10.6 Å². The molecule has 1 aromatic heterocycles. The van der Waals surface area contributed by atoms with Gasteiger partial charge in [-0.15, -0.1) is 0 Å². The van der Waals surface area contributed by atoms with Crippen LogP contribution in [0.2, 0.25) is 0 Å². The number of benzene rings is 1. The van der Waals surface area contributed by atoms with Gasteiger partial charge < -0.3 is 10.6 Å². The third kappa shape index (κ3) is 3.53. The van der Waals surface area contributed by atoms with Crippen molar-refractivity contribution < 1.29 is 13.2 Å². The van der Waals surface area contributed by atoms with E-state index < -0.39 is 11.7 Å². The van der Waals surface area contributed by atoms with Gasteiger partial charge in [0.15, 0.2) is 0 Å². The second-order valence-corrected chi connectivity index (χ2v) is 5.14. The predicted molar refractivity (Wildman–Crippen MR) is 81.2 cm³/mol. The van der Waals surface area contributed by atoms with Gasteiger partial charge in [-0.2, -0.15) is 13.2 Å². The second kappa shape index (κ2) is 5.86. The van der Waals surface area contributed by atoms with Crippen LogP contribution in [0.3, 0.4) is 0 Å². The third-order valence-corrected chi connectivity index (χ3v) is 3.49. The first-order valence-electron chi connectivity index (χ1n) is 5.69. The highest BCUT2D eigenvalue weighted by atomic mass is 127. The van der Waals surface area contributed by atoms with E-state index in [4.69, 9.17) is 0 Å². The van der Waals surface area contributed by atoms with E-state index in [1.807, 2.05) is 12.1 Å². The summed E-state index contributed by atoms with van der Waals surface area (Å²) in [4.78, 5) is 4.08. The number of halogens is 4. The zero-order valence-electron chi connectivity index (χ0n) is 10.4. The number of rotatable bonds is 3. The number of pyridine rings is 1. The molecule has 0 atom stereocenters. The topological polar surface area (TPSA) is 37.0 Å². The molecule has 0 saturated heterocycles. The lowest BCUT2D eigenvalue weighted by Crippen LogP contribution is -2.08. The van der Waals surface area contributed by atoms with Crippen LogP contribution in [-0.2, 0) is 6.18 Å². The number of hydrogen-bond acceptors (Lipinski definition) is 3. The highest BCUT2D eigenvalue weighted by Gasteiger charge is 2.31. The lowest BCUT2D eigenvalue weighted by atomic mass is 10.2. The average Bonchev–Trinajstić information content (AvgIpc) is 2.40. The smallest absolute Gasteiger partial charge is 0.373 e. The summed E-state index contributed by atoms with van der Waals surface area (Å²) >= 11 is 2.10. The molecule has 2 aromatic rings. The van der Waals surface area contributed by atoms with E-state index in [1.165, 1.54) is 7.05 Å². The first-order valence-corrected chi connectivity index (χ1v) is 6.76. The van der Waals surface area contributed by atoms with Crippen LogP contribution in [0.1, 0.15) is 5.56 Å². The predicted octanol–water partition coefficient (Wildman–Crippen LogP) is 4.49. The van der Waals surface area contributed by atoms with Crippen LogP contribution in [-0.4, -0.2) is 12.0 Å². The highest BCUT2D eigenvalue weighted by molar-refractivity contribution is 14.1. The summed E-state index contributed by atoms with van der Waals surface area (Å²) in [5, 5.41) is 5.53. The van der Waals surface area contributed by atoms with Crippen molar-refractivity contribution in [1.82, 2.24) is 4.98 Å². The molecule has 2 rings (SSSR count). The van der Waals surface area contributed by atoms with Crippen LogP contribution in [0.5, 0.6) is 0 Å². The molecule has 20 heavy (non-hydrogen) atoms. The first-order chi connectivity index (χ1) is 9.40. The molecule has 1 heterocycles. The molecular weight excluding hydrogens is 382 g/mol. The summed E-state index contributed by atoms with van der Waals surface area (Å²) in [5.74, 6) is 0.307. The zero-order valence-corrected chi connectivity index (χ0v) is 12.6. The fourth-order valence-corrected chi connectivity index (χ4v) is 2.11. The third-order valence-electron chi connectivity index (χ3n) is 2.55. The Kier molecular flexibility index (Phi) is 4.36. The van der Waals surface area contributed by atoms with E-state index in [0.29, 0.717) is 5.69 Å². The minimum absolute atomic E-state index is 0.147. The van der Waals surface area contributed by atoms with Gasteiger partial charge in [0.2, 0.25) is 0 Å². The van der Waals surface area contributed by atoms with Crippen molar-refractivity contribution in [2.45, 2.75) is 6.18 Å². The van der Waals surface area contributed by atoms with Crippen LogP contribution >= 0.6 is 22.6 Å². The summed E-state index contributed by atoms with van der Waals surface area (Å²) in [6, 6.07) is 9.26. The molecule has 0 bridgehead atoms. The van der Waals surface area contributed by atoms with Gasteiger partial charge in [-0.1, -0.05) is 12.1 Å². The quantitative estimate of drug-likeness (QED) is 0.755. The van der Waals surface area contributed by atoms with Gasteiger partial charge in [0, 0.05) is 10.6 Å². The largest absolute Gasteiger partial charge is 0.416 e. The van der Waals surface area contributed by atoms with Crippen molar-refractivity contribution in [3.63, 3.8) is 0 Å². The van der Waals surface area contributed by atoms with E-state index in [1.54, 1.807) is 12.1 Å². The maximum Gasteiger partial charge on any atom is 0.416 e. The monoisotopic (exact) mass is 393 g/mol. The minimum atomic E-state index is -4.41. The van der Waals surface area contributed by atoms with E-state index in [2.05, 4.69) is 38.2 Å². The molecule has 2 N–H and O–H groups in total. The van der Waals surface area contributed by atoms with Crippen molar-refractivity contribution in [3.05, 3.63) is 45.5 Å². The van der Waals surface area contributed by atoms with Gasteiger partial charge >= 0.3 is 6.18 Å². The number of nitrogens with zero attached hydrogens (tertiary/aromatic N) is 1. The maximum absolute atomic E-state index is 12.8. The molecule has 0 saturated carbocycles. The van der Waals surface area contributed by atoms with Gasteiger partial charge in [-0.25, -0.2) is 4.98 Å². The Morgan fingerprint density at radius 1 is 1.10 bits per heavy atom. The Morgan fingerprint density at radius 3 is 2.35 bits per heavy atom. The molecule has 0 spiro atoms. The van der Waals surface area contributed by atoms with Crippen molar-refractivity contribution in [3.8, 4) is 0 Å². The molecule has 0 radical (unpaired) electrons. The second-order valence-electron chi connectivity index (χ2n) is 3.98. The molecule has 0 aliphatic rings. The summed E-state index contributed by atoms with van der Waals surface area (Å²) in [6.07, 6.45) is -4.41. The molecule has 0 aliphatic carbocycles. The van der Waals surface area contributed by atoms with E-state index in [9.17, 15) is 13.2 Å². The first kappa shape index (κ1) is 14.9. The Morgan fingerprint density at radius 2 is 1.75 bits per heavy atom.